The van der Waals surface area contributed by atoms with Crippen molar-refractivity contribution in [2.75, 3.05) is 19.0 Å². The molecule has 0 bridgehead atoms. The molecule has 0 aliphatic heterocycles. The van der Waals surface area contributed by atoms with Crippen LogP contribution in [0.2, 0.25) is 0 Å². The average Bonchev–Trinajstić information content (AvgIpc) is 2.72. The Kier molecular flexibility index (Phi) is 10.0. The lowest BCUT2D eigenvalue weighted by molar-refractivity contribution is 0.276. The van der Waals surface area contributed by atoms with E-state index in [0.717, 1.165) is 46.0 Å². The fourth-order valence-electron chi connectivity index (χ4n) is 3.50. The third kappa shape index (κ3) is 5.89. The first kappa shape index (κ1) is 24.8. The van der Waals surface area contributed by atoms with Gasteiger partial charge in [0.1, 0.15) is 5.82 Å². The molecule has 2 aromatic heterocycles. The average molecular weight is 398 g/mol. The first-order chi connectivity index (χ1) is 13.8. The number of rotatable bonds is 7. The molecule has 0 fully saturated rings. The molecule has 0 aliphatic rings. The van der Waals surface area contributed by atoms with Crippen LogP contribution in [0.4, 0.5) is 5.82 Å². The van der Waals surface area contributed by atoms with Gasteiger partial charge in [-0.1, -0.05) is 40.7 Å². The van der Waals surface area contributed by atoms with Crippen LogP contribution in [0.1, 0.15) is 76.4 Å². The minimum Gasteiger partial charge on any atom is -0.396 e. The van der Waals surface area contributed by atoms with Crippen LogP contribution in [0.5, 0.6) is 0 Å². The Morgan fingerprint density at radius 1 is 1.14 bits per heavy atom. The van der Waals surface area contributed by atoms with Gasteiger partial charge in [0.15, 0.2) is 0 Å². The molecule has 0 aliphatic carbocycles. The van der Waals surface area contributed by atoms with Crippen molar-refractivity contribution in [3.63, 3.8) is 0 Å². The molecule has 0 aromatic carbocycles. The van der Waals surface area contributed by atoms with Crippen molar-refractivity contribution in [2.45, 2.75) is 67.7 Å². The zero-order valence-corrected chi connectivity index (χ0v) is 19.7. The molecule has 1 unspecified atom stereocenters. The monoisotopic (exact) mass is 397 g/mol. The highest BCUT2D eigenvalue weighted by molar-refractivity contribution is 5.78. The van der Waals surface area contributed by atoms with Crippen LogP contribution >= 0.6 is 0 Å². The van der Waals surface area contributed by atoms with Gasteiger partial charge in [-0.3, -0.25) is 4.98 Å². The van der Waals surface area contributed by atoms with Crippen molar-refractivity contribution in [1.29, 1.82) is 0 Å². The minimum atomic E-state index is 0.196. The van der Waals surface area contributed by atoms with E-state index < -0.39 is 0 Å². The fourth-order valence-corrected chi connectivity index (χ4v) is 3.50. The summed E-state index contributed by atoms with van der Waals surface area (Å²) in [5, 5.41) is 12.5. The van der Waals surface area contributed by atoms with Crippen LogP contribution in [0.3, 0.4) is 0 Å². The molecule has 2 aromatic rings. The van der Waals surface area contributed by atoms with Crippen LogP contribution in [-0.4, -0.2) is 28.7 Å². The van der Waals surface area contributed by atoms with Gasteiger partial charge in [0.2, 0.25) is 0 Å². The van der Waals surface area contributed by atoms with Crippen LogP contribution in [0, 0.1) is 19.8 Å². The predicted octanol–water partition coefficient (Wildman–Crippen LogP) is 6.37. The Labute approximate surface area is 177 Å². The summed E-state index contributed by atoms with van der Waals surface area (Å²) in [5.41, 5.74) is 7.60. The van der Waals surface area contributed by atoms with Crippen LogP contribution < -0.4 is 5.32 Å². The van der Waals surface area contributed by atoms with Crippen molar-refractivity contribution >= 4 is 11.4 Å². The zero-order valence-electron chi connectivity index (χ0n) is 19.7. The minimum absolute atomic E-state index is 0.196. The van der Waals surface area contributed by atoms with E-state index in [1.807, 2.05) is 20.9 Å². The van der Waals surface area contributed by atoms with Crippen molar-refractivity contribution in [3.05, 3.63) is 46.8 Å². The lowest BCUT2D eigenvalue weighted by Gasteiger charge is -2.20. The van der Waals surface area contributed by atoms with Gasteiger partial charge in [0.05, 0.1) is 5.69 Å². The van der Waals surface area contributed by atoms with Gasteiger partial charge >= 0.3 is 0 Å². The molecular weight excluding hydrogens is 358 g/mol. The lowest BCUT2D eigenvalue weighted by atomic mass is 9.89. The second-order valence-electron chi connectivity index (χ2n) is 7.48. The molecule has 2 N–H and O–H groups in total. The van der Waals surface area contributed by atoms with Gasteiger partial charge < -0.3 is 10.4 Å². The molecule has 0 spiro atoms. The van der Waals surface area contributed by atoms with E-state index in [0.29, 0.717) is 11.8 Å². The molecule has 160 valence electrons. The summed E-state index contributed by atoms with van der Waals surface area (Å²) in [6.07, 6.45) is 2.89. The van der Waals surface area contributed by atoms with E-state index in [1.54, 1.807) is 0 Å². The maximum atomic E-state index is 9.31. The molecule has 29 heavy (non-hydrogen) atoms. The molecule has 4 heteroatoms. The largest absolute Gasteiger partial charge is 0.396 e. The number of hydrogen-bond donors (Lipinski definition) is 2. The molecule has 0 saturated heterocycles. The Hall–Kier alpha value is -2.20. The molecule has 2 rings (SSSR count). The second-order valence-corrected chi connectivity index (χ2v) is 7.48. The number of hydrogen-bond acceptors (Lipinski definition) is 4. The summed E-state index contributed by atoms with van der Waals surface area (Å²) in [5.74, 6) is 1.55. The highest BCUT2D eigenvalue weighted by Gasteiger charge is 2.18. The van der Waals surface area contributed by atoms with Crippen LogP contribution in [0.15, 0.2) is 24.3 Å². The maximum Gasteiger partial charge on any atom is 0.135 e. The Balaban J connectivity index is 0.00000204. The number of nitrogens with zero attached hydrogens (tertiary/aromatic N) is 2. The number of allylic oxidation sites excluding steroid dienone is 2. The SMILES string of the molecule is C/C=C(\c1cc(C)c(-c2ccc(C(C)C)nc2NC)nc1C)C(C)CCO.CC. The van der Waals surface area contributed by atoms with Crippen molar-refractivity contribution in [1.82, 2.24) is 9.97 Å². The Morgan fingerprint density at radius 3 is 2.31 bits per heavy atom. The normalized spacial score (nSPS) is 12.4. The predicted molar refractivity (Wildman–Crippen MR) is 126 cm³/mol. The number of aromatic nitrogens is 2. The summed E-state index contributed by atoms with van der Waals surface area (Å²) in [6.45, 7) is 16.9. The summed E-state index contributed by atoms with van der Waals surface area (Å²) in [6, 6.07) is 6.43. The summed E-state index contributed by atoms with van der Waals surface area (Å²) >= 11 is 0. The van der Waals surface area contributed by atoms with E-state index in [2.05, 4.69) is 71.1 Å². The van der Waals surface area contributed by atoms with Gasteiger partial charge in [-0.2, -0.15) is 0 Å². The number of anilines is 1. The molecule has 4 nitrogen and oxygen atoms in total. The summed E-state index contributed by atoms with van der Waals surface area (Å²) < 4.78 is 0. The van der Waals surface area contributed by atoms with Gasteiger partial charge in [-0.15, -0.1) is 0 Å². The van der Waals surface area contributed by atoms with Gasteiger partial charge in [0.25, 0.3) is 0 Å². The highest BCUT2D eigenvalue weighted by Crippen LogP contribution is 2.34. The van der Waals surface area contributed by atoms with Crippen molar-refractivity contribution < 1.29 is 5.11 Å². The maximum absolute atomic E-state index is 9.31. The fraction of sp³-hybridized carbons (Fsp3) is 0.520. The molecule has 2 heterocycles. The Morgan fingerprint density at radius 2 is 1.79 bits per heavy atom. The lowest BCUT2D eigenvalue weighted by Crippen LogP contribution is -2.07. The molecule has 0 radical (unpaired) electrons. The third-order valence-electron chi connectivity index (χ3n) is 5.12. The standard InChI is InChI=1S/C23H33N3O.C2H6/c1-8-18(15(4)11-12-27)20-13-16(5)22(25-17(20)6)19-9-10-21(14(2)3)26-23(19)24-7;1-2/h8-10,13-15,27H,11-12H2,1-7H3,(H,24,26);1-2H3/b18-8-;. The van der Waals surface area contributed by atoms with Crippen LogP contribution in [-0.2, 0) is 0 Å². The molecular formula is C25H39N3O. The molecule has 0 saturated carbocycles. The molecule has 0 amide bonds. The van der Waals surface area contributed by atoms with E-state index in [-0.39, 0.29) is 6.61 Å². The highest BCUT2D eigenvalue weighted by atomic mass is 16.3. The van der Waals surface area contributed by atoms with Crippen molar-refractivity contribution in [3.8, 4) is 11.3 Å². The van der Waals surface area contributed by atoms with E-state index in [9.17, 15) is 5.11 Å². The van der Waals surface area contributed by atoms with Gasteiger partial charge in [0, 0.05) is 30.6 Å². The third-order valence-corrected chi connectivity index (χ3v) is 5.12. The van der Waals surface area contributed by atoms with Gasteiger partial charge in [-0.25, -0.2) is 4.98 Å². The summed E-state index contributed by atoms with van der Waals surface area (Å²) in [4.78, 5) is 9.73. The van der Waals surface area contributed by atoms with E-state index in [4.69, 9.17) is 9.97 Å². The number of aliphatic hydroxyl groups excluding tert-OH is 1. The first-order valence-corrected chi connectivity index (χ1v) is 10.8. The Bertz CT molecular complexity index is 825. The topological polar surface area (TPSA) is 58.0 Å². The number of nitrogens with one attached hydrogen (secondary N) is 1. The van der Waals surface area contributed by atoms with Crippen LogP contribution in [0.25, 0.3) is 16.8 Å². The van der Waals surface area contributed by atoms with Gasteiger partial charge in [-0.05, 0) is 73.9 Å². The number of aryl methyl sites for hydroxylation is 2. The zero-order chi connectivity index (χ0) is 22.1. The van der Waals surface area contributed by atoms with Crippen molar-refractivity contribution in [2.24, 2.45) is 5.92 Å². The smallest absolute Gasteiger partial charge is 0.135 e. The molecule has 1 atom stereocenters. The summed E-state index contributed by atoms with van der Waals surface area (Å²) in [7, 11) is 1.90. The van der Waals surface area contributed by atoms with E-state index in [1.165, 1.54) is 5.57 Å². The quantitative estimate of drug-likeness (QED) is 0.569. The number of pyridine rings is 2. The number of aliphatic hydroxyl groups is 1. The second kappa shape index (κ2) is 11.7. The first-order valence-electron chi connectivity index (χ1n) is 10.8. The van der Waals surface area contributed by atoms with E-state index >= 15 is 0 Å².